The second-order valence-corrected chi connectivity index (χ2v) is 3.45. The molecule has 1 heterocycles. The molecule has 0 unspecified atom stereocenters. The van der Waals surface area contributed by atoms with E-state index < -0.39 is 11.7 Å². The van der Waals surface area contributed by atoms with Gasteiger partial charge in [-0.05, 0) is 17.7 Å². The van der Waals surface area contributed by atoms with E-state index in [1.54, 1.807) is 12.5 Å². The zero-order valence-corrected chi connectivity index (χ0v) is 8.25. The average molecular weight is 226 g/mol. The number of imidazole rings is 1. The Bertz CT molecular complexity index is 443. The Kier molecular flexibility index (Phi) is 2.68. The molecule has 1 aromatic heterocycles. The summed E-state index contributed by atoms with van der Waals surface area (Å²) in [5.74, 6) is 0. The highest BCUT2D eigenvalue weighted by atomic mass is 19.4. The molecular weight excluding hydrogens is 217 g/mol. The SMILES string of the molecule is FC(F)(F)c1ccc(Cc2cnc[nH]2)cc1. The van der Waals surface area contributed by atoms with Gasteiger partial charge < -0.3 is 4.98 Å². The molecule has 2 aromatic rings. The van der Waals surface area contributed by atoms with Gasteiger partial charge in [-0.15, -0.1) is 0 Å². The van der Waals surface area contributed by atoms with Crippen molar-refractivity contribution < 1.29 is 13.2 Å². The van der Waals surface area contributed by atoms with Crippen LogP contribution in [0.5, 0.6) is 0 Å². The van der Waals surface area contributed by atoms with E-state index in [0.29, 0.717) is 6.42 Å². The normalized spacial score (nSPS) is 11.7. The van der Waals surface area contributed by atoms with Gasteiger partial charge in [-0.1, -0.05) is 12.1 Å². The largest absolute Gasteiger partial charge is 0.416 e. The van der Waals surface area contributed by atoms with Crippen molar-refractivity contribution >= 4 is 0 Å². The summed E-state index contributed by atoms with van der Waals surface area (Å²) in [7, 11) is 0. The maximum atomic E-state index is 12.3. The zero-order valence-electron chi connectivity index (χ0n) is 8.25. The fourth-order valence-electron chi connectivity index (χ4n) is 1.41. The third-order valence-electron chi connectivity index (χ3n) is 2.23. The van der Waals surface area contributed by atoms with Crippen molar-refractivity contribution in [3.63, 3.8) is 0 Å². The minimum absolute atomic E-state index is 0.554. The average Bonchev–Trinajstić information content (AvgIpc) is 2.70. The van der Waals surface area contributed by atoms with Gasteiger partial charge in [-0.3, -0.25) is 0 Å². The van der Waals surface area contributed by atoms with Crippen LogP contribution >= 0.6 is 0 Å². The molecule has 16 heavy (non-hydrogen) atoms. The molecule has 0 fully saturated rings. The van der Waals surface area contributed by atoms with Crippen LogP contribution in [0.25, 0.3) is 0 Å². The summed E-state index contributed by atoms with van der Waals surface area (Å²) in [6.45, 7) is 0. The molecular formula is C11H9F3N2. The van der Waals surface area contributed by atoms with Gasteiger partial charge in [0, 0.05) is 18.3 Å². The quantitative estimate of drug-likeness (QED) is 0.837. The highest BCUT2D eigenvalue weighted by molar-refractivity contribution is 5.27. The van der Waals surface area contributed by atoms with E-state index in [0.717, 1.165) is 23.4 Å². The Morgan fingerprint density at radius 3 is 2.31 bits per heavy atom. The van der Waals surface area contributed by atoms with Crippen LogP contribution in [-0.2, 0) is 12.6 Å². The second-order valence-electron chi connectivity index (χ2n) is 3.45. The van der Waals surface area contributed by atoms with Crippen molar-refractivity contribution in [2.45, 2.75) is 12.6 Å². The van der Waals surface area contributed by atoms with Gasteiger partial charge in [0.05, 0.1) is 11.9 Å². The topological polar surface area (TPSA) is 28.7 Å². The molecule has 0 atom stereocenters. The summed E-state index contributed by atoms with van der Waals surface area (Å²) >= 11 is 0. The fraction of sp³-hybridized carbons (Fsp3) is 0.182. The van der Waals surface area contributed by atoms with Crippen molar-refractivity contribution in [1.82, 2.24) is 9.97 Å². The first kappa shape index (κ1) is 10.7. The van der Waals surface area contributed by atoms with Gasteiger partial charge in [-0.2, -0.15) is 13.2 Å². The molecule has 0 aliphatic rings. The zero-order chi connectivity index (χ0) is 11.6. The standard InChI is InChI=1S/C11H9F3N2/c12-11(13,14)9-3-1-8(2-4-9)5-10-6-15-7-16-10/h1-4,6-7H,5H2,(H,15,16). The van der Waals surface area contributed by atoms with Gasteiger partial charge in [0.2, 0.25) is 0 Å². The molecule has 0 amide bonds. The Labute approximate surface area is 90.1 Å². The molecule has 0 saturated carbocycles. The van der Waals surface area contributed by atoms with Crippen LogP contribution in [0.3, 0.4) is 0 Å². The number of rotatable bonds is 2. The molecule has 1 N–H and O–H groups in total. The Morgan fingerprint density at radius 1 is 1.12 bits per heavy atom. The first-order valence-electron chi connectivity index (χ1n) is 4.69. The number of nitrogens with zero attached hydrogens (tertiary/aromatic N) is 1. The minimum Gasteiger partial charge on any atom is -0.348 e. The van der Waals surface area contributed by atoms with Crippen molar-refractivity contribution in [3.8, 4) is 0 Å². The van der Waals surface area contributed by atoms with Crippen molar-refractivity contribution in [1.29, 1.82) is 0 Å². The van der Waals surface area contributed by atoms with Crippen LogP contribution in [0.2, 0.25) is 0 Å². The third-order valence-corrected chi connectivity index (χ3v) is 2.23. The Balaban J connectivity index is 2.14. The smallest absolute Gasteiger partial charge is 0.348 e. The molecule has 2 rings (SSSR count). The molecule has 0 radical (unpaired) electrons. The highest BCUT2D eigenvalue weighted by Gasteiger charge is 2.29. The van der Waals surface area contributed by atoms with Crippen LogP contribution in [0.15, 0.2) is 36.8 Å². The van der Waals surface area contributed by atoms with Crippen LogP contribution in [0.4, 0.5) is 13.2 Å². The molecule has 1 aromatic carbocycles. The minimum atomic E-state index is -4.27. The van der Waals surface area contributed by atoms with Crippen LogP contribution in [0, 0.1) is 0 Å². The molecule has 0 bridgehead atoms. The van der Waals surface area contributed by atoms with E-state index in [9.17, 15) is 13.2 Å². The van der Waals surface area contributed by atoms with Gasteiger partial charge in [0.25, 0.3) is 0 Å². The summed E-state index contributed by atoms with van der Waals surface area (Å²) in [4.78, 5) is 6.74. The summed E-state index contributed by atoms with van der Waals surface area (Å²) < 4.78 is 36.8. The first-order valence-corrected chi connectivity index (χ1v) is 4.69. The van der Waals surface area contributed by atoms with Crippen LogP contribution in [-0.4, -0.2) is 9.97 Å². The van der Waals surface area contributed by atoms with Gasteiger partial charge >= 0.3 is 6.18 Å². The lowest BCUT2D eigenvalue weighted by Gasteiger charge is -2.06. The van der Waals surface area contributed by atoms with E-state index in [4.69, 9.17) is 0 Å². The number of benzene rings is 1. The molecule has 2 nitrogen and oxygen atoms in total. The number of hydrogen-bond donors (Lipinski definition) is 1. The lowest BCUT2D eigenvalue weighted by molar-refractivity contribution is -0.137. The van der Waals surface area contributed by atoms with Crippen LogP contribution in [0.1, 0.15) is 16.8 Å². The van der Waals surface area contributed by atoms with E-state index in [1.165, 1.54) is 12.1 Å². The fourth-order valence-corrected chi connectivity index (χ4v) is 1.41. The van der Waals surface area contributed by atoms with E-state index in [1.807, 2.05) is 0 Å². The van der Waals surface area contributed by atoms with Gasteiger partial charge in [-0.25, -0.2) is 4.98 Å². The van der Waals surface area contributed by atoms with Crippen molar-refractivity contribution in [3.05, 3.63) is 53.6 Å². The molecule has 5 heteroatoms. The number of aromatic nitrogens is 2. The van der Waals surface area contributed by atoms with Crippen LogP contribution < -0.4 is 0 Å². The number of aromatic amines is 1. The molecule has 84 valence electrons. The lowest BCUT2D eigenvalue weighted by Crippen LogP contribution is -2.04. The summed E-state index contributed by atoms with van der Waals surface area (Å²) in [6.07, 6.45) is -0.526. The van der Waals surface area contributed by atoms with Gasteiger partial charge in [0.15, 0.2) is 0 Å². The Morgan fingerprint density at radius 2 is 1.81 bits per heavy atom. The number of halogens is 3. The van der Waals surface area contributed by atoms with Crippen molar-refractivity contribution in [2.75, 3.05) is 0 Å². The predicted molar refractivity (Wildman–Crippen MR) is 52.8 cm³/mol. The summed E-state index contributed by atoms with van der Waals surface area (Å²) in [5, 5.41) is 0. The summed E-state index contributed by atoms with van der Waals surface area (Å²) in [6, 6.07) is 5.13. The van der Waals surface area contributed by atoms with E-state index in [-0.39, 0.29) is 0 Å². The maximum absolute atomic E-state index is 12.3. The molecule has 0 saturated heterocycles. The van der Waals surface area contributed by atoms with E-state index in [2.05, 4.69) is 9.97 Å². The Hall–Kier alpha value is -1.78. The predicted octanol–water partition coefficient (Wildman–Crippen LogP) is 3.02. The molecule has 0 aliphatic carbocycles. The second kappa shape index (κ2) is 4.00. The number of hydrogen-bond acceptors (Lipinski definition) is 1. The molecule has 0 aliphatic heterocycles. The highest BCUT2D eigenvalue weighted by Crippen LogP contribution is 2.29. The summed E-state index contributed by atoms with van der Waals surface area (Å²) in [5.41, 5.74) is 1.07. The third kappa shape index (κ3) is 2.42. The monoisotopic (exact) mass is 226 g/mol. The van der Waals surface area contributed by atoms with Gasteiger partial charge in [0.1, 0.15) is 0 Å². The number of H-pyrrole nitrogens is 1. The molecule has 0 spiro atoms. The lowest BCUT2D eigenvalue weighted by atomic mass is 10.1. The maximum Gasteiger partial charge on any atom is 0.416 e. The van der Waals surface area contributed by atoms with Crippen molar-refractivity contribution in [2.24, 2.45) is 0 Å². The van der Waals surface area contributed by atoms with E-state index >= 15 is 0 Å². The first-order chi connectivity index (χ1) is 7.55. The number of alkyl halides is 3. The number of nitrogens with one attached hydrogen (secondary N) is 1.